The van der Waals surface area contributed by atoms with Crippen LogP contribution < -0.4 is 10.0 Å². The van der Waals surface area contributed by atoms with E-state index in [-0.39, 0.29) is 5.54 Å². The predicted molar refractivity (Wildman–Crippen MR) is 87.5 cm³/mol. The van der Waals surface area contributed by atoms with Gasteiger partial charge in [-0.25, -0.2) is 13.4 Å². The molecular weight excluding hydrogens is 306 g/mol. The number of aryl methyl sites for hydroxylation is 1. The predicted octanol–water partition coefficient (Wildman–Crippen LogP) is 3.46. The number of hydrogen-bond acceptors (Lipinski definition) is 5. The quantitative estimate of drug-likeness (QED) is 0.903. The highest BCUT2D eigenvalue weighted by Crippen LogP contribution is 2.23. The SMILES string of the molecule is Cc1ccc(S(=O)(=O)Nc2ccc(NC(C)(C)C)cn2)s1. The summed E-state index contributed by atoms with van der Waals surface area (Å²) >= 11 is 1.23. The van der Waals surface area contributed by atoms with Crippen molar-refractivity contribution in [2.45, 2.75) is 37.4 Å². The molecule has 2 rings (SSSR count). The monoisotopic (exact) mass is 325 g/mol. The smallest absolute Gasteiger partial charge is 0.272 e. The summed E-state index contributed by atoms with van der Waals surface area (Å²) in [5.41, 5.74) is 0.773. The molecule has 0 spiro atoms. The second-order valence-electron chi connectivity index (χ2n) is 5.78. The zero-order valence-electron chi connectivity index (χ0n) is 12.5. The van der Waals surface area contributed by atoms with Gasteiger partial charge in [-0.2, -0.15) is 0 Å². The number of nitrogens with zero attached hydrogens (tertiary/aromatic N) is 1. The Morgan fingerprint density at radius 2 is 1.86 bits per heavy atom. The van der Waals surface area contributed by atoms with E-state index in [2.05, 4.69) is 15.0 Å². The molecule has 2 aromatic heterocycles. The lowest BCUT2D eigenvalue weighted by Crippen LogP contribution is -2.26. The van der Waals surface area contributed by atoms with E-state index < -0.39 is 10.0 Å². The first kappa shape index (κ1) is 15.8. The summed E-state index contributed by atoms with van der Waals surface area (Å²) < 4.78 is 27.1. The Kier molecular flexibility index (Phi) is 4.25. The number of pyridine rings is 1. The van der Waals surface area contributed by atoms with Gasteiger partial charge in [0.2, 0.25) is 0 Å². The third-order valence-corrected chi connectivity index (χ3v) is 5.35. The third-order valence-electron chi connectivity index (χ3n) is 2.50. The van der Waals surface area contributed by atoms with Crippen molar-refractivity contribution in [1.29, 1.82) is 0 Å². The van der Waals surface area contributed by atoms with Crippen LogP contribution in [0.4, 0.5) is 11.5 Å². The molecule has 0 atom stereocenters. The van der Waals surface area contributed by atoms with E-state index in [4.69, 9.17) is 0 Å². The summed E-state index contributed by atoms with van der Waals surface area (Å²) in [6, 6.07) is 6.82. The first-order chi connectivity index (χ1) is 9.66. The molecule has 0 bridgehead atoms. The van der Waals surface area contributed by atoms with Crippen LogP contribution in [0.1, 0.15) is 25.6 Å². The van der Waals surface area contributed by atoms with E-state index in [9.17, 15) is 8.42 Å². The molecular formula is C14H19N3O2S2. The number of hydrogen-bond donors (Lipinski definition) is 2. The molecule has 0 aliphatic carbocycles. The van der Waals surface area contributed by atoms with Gasteiger partial charge in [-0.15, -0.1) is 11.3 Å². The van der Waals surface area contributed by atoms with Crippen LogP contribution in [-0.4, -0.2) is 18.9 Å². The molecule has 0 aromatic carbocycles. The maximum absolute atomic E-state index is 12.2. The van der Waals surface area contributed by atoms with E-state index in [0.29, 0.717) is 10.0 Å². The number of aromatic nitrogens is 1. The first-order valence-electron chi connectivity index (χ1n) is 6.49. The van der Waals surface area contributed by atoms with Crippen molar-refractivity contribution in [2.24, 2.45) is 0 Å². The summed E-state index contributed by atoms with van der Waals surface area (Å²) in [6.07, 6.45) is 1.61. The molecule has 0 saturated heterocycles. The summed E-state index contributed by atoms with van der Waals surface area (Å²) in [4.78, 5) is 5.08. The number of thiophene rings is 1. The van der Waals surface area contributed by atoms with Crippen molar-refractivity contribution in [1.82, 2.24) is 4.98 Å². The molecule has 0 saturated carbocycles. The van der Waals surface area contributed by atoms with Gasteiger partial charge < -0.3 is 5.32 Å². The fourth-order valence-corrected chi connectivity index (χ4v) is 4.00. The molecule has 114 valence electrons. The molecule has 0 fully saturated rings. The van der Waals surface area contributed by atoms with Gasteiger partial charge >= 0.3 is 0 Å². The average Bonchev–Trinajstić information content (AvgIpc) is 2.77. The molecule has 21 heavy (non-hydrogen) atoms. The highest BCUT2D eigenvalue weighted by Gasteiger charge is 2.17. The Bertz CT molecular complexity index is 713. The topological polar surface area (TPSA) is 71.1 Å². The molecule has 2 heterocycles. The minimum atomic E-state index is -3.55. The van der Waals surface area contributed by atoms with E-state index in [1.807, 2.05) is 27.7 Å². The maximum Gasteiger partial charge on any atom is 0.272 e. The van der Waals surface area contributed by atoms with Crippen LogP contribution in [-0.2, 0) is 10.0 Å². The van der Waals surface area contributed by atoms with Crippen molar-refractivity contribution in [3.63, 3.8) is 0 Å². The van der Waals surface area contributed by atoms with Crippen LogP contribution in [0, 0.1) is 6.92 Å². The zero-order valence-corrected chi connectivity index (χ0v) is 14.1. The molecule has 0 radical (unpaired) electrons. The van der Waals surface area contributed by atoms with E-state index in [0.717, 1.165) is 10.6 Å². The van der Waals surface area contributed by atoms with Crippen molar-refractivity contribution < 1.29 is 8.42 Å². The van der Waals surface area contributed by atoms with Gasteiger partial charge in [-0.05, 0) is 52.0 Å². The second-order valence-corrected chi connectivity index (χ2v) is 8.97. The van der Waals surface area contributed by atoms with Crippen LogP contribution in [0.3, 0.4) is 0 Å². The normalized spacial score (nSPS) is 12.2. The second kappa shape index (κ2) is 5.65. The Hall–Kier alpha value is -1.60. The summed E-state index contributed by atoms with van der Waals surface area (Å²) in [6.45, 7) is 8.00. The summed E-state index contributed by atoms with van der Waals surface area (Å²) in [7, 11) is -3.55. The lowest BCUT2D eigenvalue weighted by molar-refractivity contribution is 0.603. The van der Waals surface area contributed by atoms with Crippen molar-refractivity contribution in [3.05, 3.63) is 35.3 Å². The number of nitrogens with one attached hydrogen (secondary N) is 2. The van der Waals surface area contributed by atoms with Gasteiger partial charge in [0.15, 0.2) is 0 Å². The lowest BCUT2D eigenvalue weighted by atomic mass is 10.1. The molecule has 0 aliphatic rings. The van der Waals surface area contributed by atoms with Crippen molar-refractivity contribution >= 4 is 32.9 Å². The van der Waals surface area contributed by atoms with Crippen molar-refractivity contribution in [3.8, 4) is 0 Å². The lowest BCUT2D eigenvalue weighted by Gasteiger charge is -2.21. The molecule has 2 N–H and O–H groups in total. The summed E-state index contributed by atoms with van der Waals surface area (Å²) in [5, 5.41) is 3.27. The van der Waals surface area contributed by atoms with Gasteiger partial charge in [0.05, 0.1) is 11.9 Å². The first-order valence-corrected chi connectivity index (χ1v) is 8.79. The van der Waals surface area contributed by atoms with Gasteiger partial charge in [0.25, 0.3) is 10.0 Å². The van der Waals surface area contributed by atoms with E-state index in [1.54, 1.807) is 30.5 Å². The molecule has 0 aliphatic heterocycles. The molecule has 0 unspecified atom stereocenters. The minimum Gasteiger partial charge on any atom is -0.379 e. The van der Waals surface area contributed by atoms with Gasteiger partial charge in [0, 0.05) is 10.4 Å². The number of sulfonamides is 1. The van der Waals surface area contributed by atoms with Gasteiger partial charge in [-0.1, -0.05) is 0 Å². The Balaban J connectivity index is 2.13. The Morgan fingerprint density at radius 3 is 2.33 bits per heavy atom. The Labute approximate surface area is 129 Å². The average molecular weight is 325 g/mol. The van der Waals surface area contributed by atoms with Gasteiger partial charge in [0.1, 0.15) is 10.0 Å². The van der Waals surface area contributed by atoms with Crippen LogP contribution in [0.2, 0.25) is 0 Å². The fraction of sp³-hybridized carbons (Fsp3) is 0.357. The molecule has 0 amide bonds. The highest BCUT2D eigenvalue weighted by atomic mass is 32.2. The van der Waals surface area contributed by atoms with Gasteiger partial charge in [-0.3, -0.25) is 4.72 Å². The maximum atomic E-state index is 12.2. The van der Waals surface area contributed by atoms with E-state index >= 15 is 0 Å². The largest absolute Gasteiger partial charge is 0.379 e. The van der Waals surface area contributed by atoms with Crippen LogP contribution >= 0.6 is 11.3 Å². The third kappa shape index (κ3) is 4.44. The van der Waals surface area contributed by atoms with E-state index in [1.165, 1.54) is 11.3 Å². The van der Waals surface area contributed by atoms with Crippen LogP contribution in [0.25, 0.3) is 0 Å². The number of rotatable bonds is 4. The highest BCUT2D eigenvalue weighted by molar-refractivity contribution is 7.94. The molecule has 7 heteroatoms. The molecule has 5 nitrogen and oxygen atoms in total. The van der Waals surface area contributed by atoms with Crippen LogP contribution in [0.15, 0.2) is 34.7 Å². The molecule has 2 aromatic rings. The van der Waals surface area contributed by atoms with Crippen molar-refractivity contribution in [2.75, 3.05) is 10.0 Å². The summed E-state index contributed by atoms with van der Waals surface area (Å²) in [5.74, 6) is 0.306. The fourth-order valence-electron chi connectivity index (χ4n) is 1.71. The zero-order chi connectivity index (χ0) is 15.7. The minimum absolute atomic E-state index is 0.0722. The Morgan fingerprint density at radius 1 is 1.14 bits per heavy atom. The standard InChI is InChI=1S/C14H19N3O2S2/c1-10-5-8-13(20-10)21(18,19)17-12-7-6-11(9-15-12)16-14(2,3)4/h5-9,16H,1-4H3,(H,15,17). The number of anilines is 2. The van der Waals surface area contributed by atoms with Crippen LogP contribution in [0.5, 0.6) is 0 Å².